The Hall–Kier alpha value is -2.29. The molecule has 3 rings (SSSR count). The number of rotatable bonds is 6. The van der Waals surface area contributed by atoms with Crippen molar-refractivity contribution in [1.29, 1.82) is 0 Å². The molecule has 0 unspecified atom stereocenters. The Labute approximate surface area is 146 Å². The average molecular weight is 347 g/mol. The largest absolute Gasteiger partial charge is 0.341 e. The van der Waals surface area contributed by atoms with Gasteiger partial charge in [-0.2, -0.15) is 4.98 Å². The fourth-order valence-electron chi connectivity index (χ4n) is 3.02. The molecule has 0 spiro atoms. The minimum Gasteiger partial charge on any atom is -0.341 e. The highest BCUT2D eigenvalue weighted by Gasteiger charge is 2.19. The SMILES string of the molecule is Cc1c(C(=O)NCc2nc(CN3CCCCC3)no2)nnn1C(C)C. The zero-order valence-electron chi connectivity index (χ0n) is 15.0. The van der Waals surface area contributed by atoms with Crippen LogP contribution in [-0.4, -0.2) is 49.0 Å². The van der Waals surface area contributed by atoms with Crippen molar-refractivity contribution >= 4 is 5.91 Å². The van der Waals surface area contributed by atoms with Crippen LogP contribution in [0, 0.1) is 6.92 Å². The Bertz CT molecular complexity index is 716. The lowest BCUT2D eigenvalue weighted by Crippen LogP contribution is -2.29. The lowest BCUT2D eigenvalue weighted by molar-refractivity contribution is 0.0940. The number of likely N-dealkylation sites (tertiary alicyclic amines) is 1. The number of amides is 1. The first kappa shape index (κ1) is 17.5. The van der Waals surface area contributed by atoms with E-state index in [1.807, 2.05) is 20.8 Å². The van der Waals surface area contributed by atoms with Crippen LogP contribution >= 0.6 is 0 Å². The Kier molecular flexibility index (Phi) is 5.42. The van der Waals surface area contributed by atoms with Crippen LogP contribution in [0.5, 0.6) is 0 Å². The molecule has 9 heteroatoms. The van der Waals surface area contributed by atoms with Crippen LogP contribution in [-0.2, 0) is 13.1 Å². The van der Waals surface area contributed by atoms with E-state index in [1.165, 1.54) is 19.3 Å². The molecule has 9 nitrogen and oxygen atoms in total. The van der Waals surface area contributed by atoms with Crippen molar-refractivity contribution in [2.24, 2.45) is 0 Å². The van der Waals surface area contributed by atoms with Crippen LogP contribution < -0.4 is 5.32 Å². The molecule has 136 valence electrons. The van der Waals surface area contributed by atoms with E-state index >= 15 is 0 Å². The number of aromatic nitrogens is 5. The van der Waals surface area contributed by atoms with Gasteiger partial charge >= 0.3 is 0 Å². The summed E-state index contributed by atoms with van der Waals surface area (Å²) in [4.78, 5) is 18.9. The number of hydrogen-bond acceptors (Lipinski definition) is 7. The molecule has 0 radical (unpaired) electrons. The van der Waals surface area contributed by atoms with E-state index in [2.05, 4.69) is 30.7 Å². The summed E-state index contributed by atoms with van der Waals surface area (Å²) < 4.78 is 6.94. The summed E-state index contributed by atoms with van der Waals surface area (Å²) in [5.41, 5.74) is 1.06. The molecule has 1 saturated heterocycles. The van der Waals surface area contributed by atoms with Gasteiger partial charge in [-0.25, -0.2) is 4.68 Å². The topological polar surface area (TPSA) is 102 Å². The first-order valence-electron chi connectivity index (χ1n) is 8.78. The smallest absolute Gasteiger partial charge is 0.274 e. The Morgan fingerprint density at radius 3 is 2.72 bits per heavy atom. The molecule has 0 aromatic carbocycles. The maximum atomic E-state index is 12.3. The summed E-state index contributed by atoms with van der Waals surface area (Å²) >= 11 is 0. The maximum absolute atomic E-state index is 12.3. The second-order valence-corrected chi connectivity index (χ2v) is 6.69. The summed E-state index contributed by atoms with van der Waals surface area (Å²) in [5.74, 6) is 0.766. The first-order valence-corrected chi connectivity index (χ1v) is 8.78. The number of nitrogens with zero attached hydrogens (tertiary/aromatic N) is 6. The van der Waals surface area contributed by atoms with Crippen molar-refractivity contribution in [2.75, 3.05) is 13.1 Å². The molecule has 2 aromatic heterocycles. The predicted molar refractivity (Wildman–Crippen MR) is 89.7 cm³/mol. The van der Waals surface area contributed by atoms with Gasteiger partial charge in [-0.1, -0.05) is 16.8 Å². The number of nitrogens with one attached hydrogen (secondary N) is 1. The van der Waals surface area contributed by atoms with Gasteiger partial charge in [0.15, 0.2) is 11.5 Å². The van der Waals surface area contributed by atoms with Crippen molar-refractivity contribution in [3.05, 3.63) is 23.1 Å². The van der Waals surface area contributed by atoms with Gasteiger partial charge in [0.25, 0.3) is 5.91 Å². The van der Waals surface area contributed by atoms with Crippen LogP contribution in [0.15, 0.2) is 4.52 Å². The normalized spacial score (nSPS) is 15.7. The fraction of sp³-hybridized carbons (Fsp3) is 0.688. The molecule has 0 saturated carbocycles. The predicted octanol–water partition coefficient (Wildman–Crippen LogP) is 1.47. The monoisotopic (exact) mass is 347 g/mol. The van der Waals surface area contributed by atoms with Gasteiger partial charge in [-0.3, -0.25) is 9.69 Å². The van der Waals surface area contributed by atoms with E-state index in [4.69, 9.17) is 4.52 Å². The highest BCUT2D eigenvalue weighted by molar-refractivity contribution is 5.93. The van der Waals surface area contributed by atoms with Crippen molar-refractivity contribution in [2.45, 2.75) is 59.2 Å². The average Bonchev–Trinajstić information content (AvgIpc) is 3.20. The zero-order valence-corrected chi connectivity index (χ0v) is 15.0. The molecule has 0 aliphatic carbocycles. The summed E-state index contributed by atoms with van der Waals surface area (Å²) in [6.07, 6.45) is 3.73. The Morgan fingerprint density at radius 1 is 1.28 bits per heavy atom. The number of hydrogen-bond donors (Lipinski definition) is 1. The van der Waals surface area contributed by atoms with Crippen LogP contribution in [0.1, 0.15) is 67.0 Å². The molecular formula is C16H25N7O2. The second kappa shape index (κ2) is 7.73. The maximum Gasteiger partial charge on any atom is 0.274 e. The van der Waals surface area contributed by atoms with Gasteiger partial charge in [0.1, 0.15) is 0 Å². The minimum atomic E-state index is -0.291. The molecular weight excluding hydrogens is 322 g/mol. The number of piperidine rings is 1. The molecule has 3 heterocycles. The molecule has 1 aliphatic heterocycles. The third-order valence-corrected chi connectivity index (χ3v) is 4.36. The van der Waals surface area contributed by atoms with E-state index < -0.39 is 0 Å². The van der Waals surface area contributed by atoms with E-state index in [0.29, 0.717) is 24.0 Å². The quantitative estimate of drug-likeness (QED) is 0.844. The highest BCUT2D eigenvalue weighted by Crippen LogP contribution is 2.12. The van der Waals surface area contributed by atoms with E-state index in [1.54, 1.807) is 4.68 Å². The Balaban J connectivity index is 1.54. The van der Waals surface area contributed by atoms with Crippen LogP contribution in [0.25, 0.3) is 0 Å². The molecule has 0 bridgehead atoms. The van der Waals surface area contributed by atoms with Crippen LogP contribution in [0.4, 0.5) is 0 Å². The van der Waals surface area contributed by atoms with Gasteiger partial charge < -0.3 is 9.84 Å². The number of carbonyl (C=O) groups is 1. The van der Waals surface area contributed by atoms with Gasteiger partial charge in [0.2, 0.25) is 5.89 Å². The molecule has 0 atom stereocenters. The summed E-state index contributed by atoms with van der Waals surface area (Å²) in [7, 11) is 0. The zero-order chi connectivity index (χ0) is 17.8. The third kappa shape index (κ3) is 4.22. The number of carbonyl (C=O) groups excluding carboxylic acids is 1. The lowest BCUT2D eigenvalue weighted by Gasteiger charge is -2.24. The molecule has 1 amide bonds. The van der Waals surface area contributed by atoms with Crippen LogP contribution in [0.3, 0.4) is 0 Å². The van der Waals surface area contributed by atoms with E-state index in [0.717, 1.165) is 18.8 Å². The van der Waals surface area contributed by atoms with Gasteiger partial charge in [0, 0.05) is 6.04 Å². The fourth-order valence-corrected chi connectivity index (χ4v) is 3.02. The van der Waals surface area contributed by atoms with E-state index in [-0.39, 0.29) is 18.5 Å². The third-order valence-electron chi connectivity index (χ3n) is 4.36. The standard InChI is InChI=1S/C16H25N7O2/c1-11(2)23-12(3)15(19-21-23)16(24)17-9-14-18-13(20-25-14)10-22-7-5-4-6-8-22/h11H,4-10H2,1-3H3,(H,17,24). The summed E-state index contributed by atoms with van der Waals surface area (Å²) in [5, 5.41) is 14.7. The second-order valence-electron chi connectivity index (χ2n) is 6.69. The van der Waals surface area contributed by atoms with Crippen molar-refractivity contribution in [3.8, 4) is 0 Å². The van der Waals surface area contributed by atoms with Gasteiger partial charge in [-0.15, -0.1) is 5.10 Å². The van der Waals surface area contributed by atoms with Crippen molar-refractivity contribution < 1.29 is 9.32 Å². The minimum absolute atomic E-state index is 0.155. The Morgan fingerprint density at radius 2 is 2.04 bits per heavy atom. The lowest BCUT2D eigenvalue weighted by atomic mass is 10.1. The highest BCUT2D eigenvalue weighted by atomic mass is 16.5. The molecule has 1 aliphatic rings. The van der Waals surface area contributed by atoms with Crippen molar-refractivity contribution in [1.82, 2.24) is 35.4 Å². The van der Waals surface area contributed by atoms with Gasteiger partial charge in [-0.05, 0) is 46.7 Å². The summed E-state index contributed by atoms with van der Waals surface area (Å²) in [6.45, 7) is 8.84. The first-order chi connectivity index (χ1) is 12.0. The van der Waals surface area contributed by atoms with Gasteiger partial charge in [0.05, 0.1) is 18.8 Å². The molecule has 1 N–H and O–H groups in total. The summed E-state index contributed by atoms with van der Waals surface area (Å²) in [6, 6.07) is 0.155. The molecule has 1 fully saturated rings. The van der Waals surface area contributed by atoms with E-state index in [9.17, 15) is 4.79 Å². The van der Waals surface area contributed by atoms with Crippen LogP contribution in [0.2, 0.25) is 0 Å². The van der Waals surface area contributed by atoms with Crippen molar-refractivity contribution in [3.63, 3.8) is 0 Å². The molecule has 25 heavy (non-hydrogen) atoms. The molecule has 2 aromatic rings.